The highest BCUT2D eigenvalue weighted by Crippen LogP contribution is 2.11. The maximum Gasteiger partial charge on any atom is 0.191 e. The Bertz CT molecular complexity index is 336. The van der Waals surface area contributed by atoms with Crippen molar-refractivity contribution in [3.63, 3.8) is 0 Å². The van der Waals surface area contributed by atoms with Crippen molar-refractivity contribution in [2.24, 2.45) is 4.99 Å². The average Bonchev–Trinajstić information content (AvgIpc) is 2.95. The van der Waals surface area contributed by atoms with E-state index in [1.54, 1.807) is 0 Å². The van der Waals surface area contributed by atoms with E-state index in [0.29, 0.717) is 6.10 Å². The minimum absolute atomic E-state index is 0. The Kier molecular flexibility index (Phi) is 11.2. The monoisotopic (exact) mass is 439 g/mol. The van der Waals surface area contributed by atoms with Crippen molar-refractivity contribution in [3.8, 4) is 0 Å². The molecule has 2 heterocycles. The van der Waals surface area contributed by atoms with Gasteiger partial charge >= 0.3 is 0 Å². The molecular weight excluding hydrogens is 405 g/mol. The summed E-state index contributed by atoms with van der Waals surface area (Å²) >= 11 is 0. The predicted octanol–water partition coefficient (Wildman–Crippen LogP) is 0.976. The third kappa shape index (κ3) is 8.51. The molecule has 7 heteroatoms. The Balaban J connectivity index is 0.00000264. The minimum atomic E-state index is 0. The molecule has 136 valence electrons. The lowest BCUT2D eigenvalue weighted by Gasteiger charge is -2.21. The third-order valence-electron chi connectivity index (χ3n) is 4.35. The molecule has 6 nitrogen and oxygen atoms in total. The number of nitrogens with one attached hydrogen (secondary N) is 2. The summed E-state index contributed by atoms with van der Waals surface area (Å²) in [5.74, 6) is 0.921. The van der Waals surface area contributed by atoms with Gasteiger partial charge in [0, 0.05) is 39.3 Å². The van der Waals surface area contributed by atoms with Crippen LogP contribution >= 0.6 is 24.0 Å². The molecule has 1 atom stereocenters. The Hall–Kier alpha value is -0.120. The first-order valence-corrected chi connectivity index (χ1v) is 8.82. The number of halogens is 1. The van der Waals surface area contributed by atoms with Gasteiger partial charge in [0.25, 0.3) is 0 Å². The smallest absolute Gasteiger partial charge is 0.191 e. The van der Waals surface area contributed by atoms with E-state index in [-0.39, 0.29) is 24.0 Å². The molecule has 0 amide bonds. The molecule has 0 aliphatic carbocycles. The molecule has 2 aliphatic rings. The van der Waals surface area contributed by atoms with Crippen molar-refractivity contribution in [2.45, 2.75) is 32.3 Å². The summed E-state index contributed by atoms with van der Waals surface area (Å²) in [7, 11) is 2.21. The molecule has 0 aromatic carbocycles. The van der Waals surface area contributed by atoms with Crippen molar-refractivity contribution >= 4 is 29.9 Å². The minimum Gasteiger partial charge on any atom is -0.376 e. The highest BCUT2D eigenvalue weighted by molar-refractivity contribution is 14.0. The summed E-state index contributed by atoms with van der Waals surface area (Å²) in [4.78, 5) is 9.61. The van der Waals surface area contributed by atoms with Crippen LogP contribution in [0.3, 0.4) is 0 Å². The van der Waals surface area contributed by atoms with E-state index < -0.39 is 0 Å². The van der Waals surface area contributed by atoms with Crippen LogP contribution in [0, 0.1) is 0 Å². The van der Waals surface area contributed by atoms with E-state index in [2.05, 4.69) is 39.4 Å². The lowest BCUT2D eigenvalue weighted by molar-refractivity contribution is 0.117. The molecule has 2 fully saturated rings. The maximum absolute atomic E-state index is 5.63. The first kappa shape index (κ1) is 20.9. The fourth-order valence-corrected chi connectivity index (χ4v) is 2.98. The molecule has 23 heavy (non-hydrogen) atoms. The van der Waals surface area contributed by atoms with Crippen LogP contribution in [0.5, 0.6) is 0 Å². The van der Waals surface area contributed by atoms with Crippen molar-refractivity contribution in [1.82, 2.24) is 20.4 Å². The first-order chi connectivity index (χ1) is 10.8. The number of nitrogens with zero attached hydrogens (tertiary/aromatic N) is 3. The molecule has 1 unspecified atom stereocenters. The van der Waals surface area contributed by atoms with Crippen LogP contribution < -0.4 is 10.6 Å². The second kappa shape index (κ2) is 12.3. The summed E-state index contributed by atoms with van der Waals surface area (Å²) in [5.41, 5.74) is 0. The number of hydrogen-bond donors (Lipinski definition) is 2. The van der Waals surface area contributed by atoms with Crippen LogP contribution in [0.1, 0.15) is 26.2 Å². The van der Waals surface area contributed by atoms with Crippen LogP contribution in [0.25, 0.3) is 0 Å². The van der Waals surface area contributed by atoms with Crippen LogP contribution in [-0.4, -0.2) is 87.9 Å². The number of hydrogen-bond acceptors (Lipinski definition) is 4. The summed E-state index contributed by atoms with van der Waals surface area (Å²) in [6, 6.07) is 0. The SMILES string of the molecule is CCNC(=NCC1CCCO1)NCCN1CCCN(C)CC1.I. The standard InChI is InChI=1S/C16H33N5O.HI/c1-3-17-16(19-14-15-6-4-13-22-15)18-7-10-21-9-5-8-20(2)11-12-21;/h15H,3-14H2,1-2H3,(H2,17,18,19);1H. The topological polar surface area (TPSA) is 52.1 Å². The number of ether oxygens (including phenoxy) is 1. The van der Waals surface area contributed by atoms with Gasteiger partial charge in [-0.05, 0) is 46.3 Å². The van der Waals surface area contributed by atoms with Gasteiger partial charge in [0.1, 0.15) is 0 Å². The first-order valence-electron chi connectivity index (χ1n) is 8.82. The van der Waals surface area contributed by atoms with Crippen molar-refractivity contribution < 1.29 is 4.74 Å². The van der Waals surface area contributed by atoms with E-state index in [0.717, 1.165) is 45.2 Å². The Morgan fingerprint density at radius 1 is 1.17 bits per heavy atom. The fraction of sp³-hybridized carbons (Fsp3) is 0.938. The molecule has 0 aromatic heterocycles. The Morgan fingerprint density at radius 3 is 2.78 bits per heavy atom. The zero-order valence-electron chi connectivity index (χ0n) is 14.7. The molecule has 0 bridgehead atoms. The third-order valence-corrected chi connectivity index (χ3v) is 4.35. The molecule has 2 rings (SSSR count). The van der Waals surface area contributed by atoms with Gasteiger partial charge in [-0.15, -0.1) is 24.0 Å². The van der Waals surface area contributed by atoms with Crippen LogP contribution in [0.2, 0.25) is 0 Å². The van der Waals surface area contributed by atoms with Gasteiger partial charge in [-0.2, -0.15) is 0 Å². The Morgan fingerprint density at radius 2 is 2.04 bits per heavy atom. The Labute approximate surface area is 158 Å². The maximum atomic E-state index is 5.63. The van der Waals surface area contributed by atoms with Crippen LogP contribution in [0.4, 0.5) is 0 Å². The molecule has 2 N–H and O–H groups in total. The van der Waals surface area contributed by atoms with E-state index >= 15 is 0 Å². The van der Waals surface area contributed by atoms with Crippen molar-refractivity contribution in [2.75, 3.05) is 66.0 Å². The zero-order valence-corrected chi connectivity index (χ0v) is 17.1. The molecular formula is C16H34IN5O. The summed E-state index contributed by atoms with van der Waals surface area (Å²) in [6.45, 7) is 11.5. The number of guanidine groups is 1. The zero-order chi connectivity index (χ0) is 15.6. The second-order valence-electron chi connectivity index (χ2n) is 6.28. The number of aliphatic imine (C=N–C) groups is 1. The van der Waals surface area contributed by atoms with Crippen LogP contribution in [-0.2, 0) is 4.74 Å². The molecule has 2 aliphatic heterocycles. The summed E-state index contributed by atoms with van der Waals surface area (Å²) in [6.07, 6.45) is 3.90. The fourth-order valence-electron chi connectivity index (χ4n) is 2.98. The van der Waals surface area contributed by atoms with Crippen LogP contribution in [0.15, 0.2) is 4.99 Å². The average molecular weight is 439 g/mol. The summed E-state index contributed by atoms with van der Waals surface area (Å²) in [5, 5.41) is 6.77. The normalized spacial score (nSPS) is 24.1. The van der Waals surface area contributed by atoms with E-state index in [1.807, 2.05) is 0 Å². The molecule has 0 aromatic rings. The van der Waals surface area contributed by atoms with Gasteiger partial charge in [0.05, 0.1) is 12.6 Å². The van der Waals surface area contributed by atoms with Crippen molar-refractivity contribution in [3.05, 3.63) is 0 Å². The lowest BCUT2D eigenvalue weighted by Crippen LogP contribution is -2.42. The highest BCUT2D eigenvalue weighted by Gasteiger charge is 2.15. The van der Waals surface area contributed by atoms with Gasteiger partial charge in [0.2, 0.25) is 0 Å². The van der Waals surface area contributed by atoms with Gasteiger partial charge in [0.15, 0.2) is 5.96 Å². The van der Waals surface area contributed by atoms with E-state index in [9.17, 15) is 0 Å². The second-order valence-corrected chi connectivity index (χ2v) is 6.28. The van der Waals surface area contributed by atoms with Gasteiger partial charge in [-0.3, -0.25) is 4.99 Å². The largest absolute Gasteiger partial charge is 0.376 e. The van der Waals surface area contributed by atoms with Gasteiger partial charge in [-0.25, -0.2) is 0 Å². The van der Waals surface area contributed by atoms with Gasteiger partial charge in [-0.1, -0.05) is 0 Å². The molecule has 0 spiro atoms. The summed E-state index contributed by atoms with van der Waals surface area (Å²) < 4.78 is 5.63. The molecule has 2 saturated heterocycles. The van der Waals surface area contributed by atoms with Crippen molar-refractivity contribution in [1.29, 1.82) is 0 Å². The molecule has 0 radical (unpaired) electrons. The van der Waals surface area contributed by atoms with E-state index in [4.69, 9.17) is 4.74 Å². The number of rotatable bonds is 6. The quantitative estimate of drug-likeness (QED) is 0.367. The molecule has 0 saturated carbocycles. The number of likely N-dealkylation sites (N-methyl/N-ethyl adjacent to an activating group) is 1. The highest BCUT2D eigenvalue weighted by atomic mass is 127. The predicted molar refractivity (Wildman–Crippen MR) is 107 cm³/mol. The van der Waals surface area contributed by atoms with E-state index in [1.165, 1.54) is 39.0 Å². The van der Waals surface area contributed by atoms with Gasteiger partial charge < -0.3 is 25.2 Å². The lowest BCUT2D eigenvalue weighted by atomic mass is 10.2.